The molecule has 2 N–H and O–H groups in total. The molecule has 6 nitrogen and oxygen atoms in total. The van der Waals surface area contributed by atoms with E-state index in [2.05, 4.69) is 10.2 Å². The summed E-state index contributed by atoms with van der Waals surface area (Å²) in [6.45, 7) is 1.51. The molecule has 1 aromatic carbocycles. The average molecular weight is 482 g/mol. The standard InChI is InChI=1S/C28H36FN3O3/c29-22-13-11-20(12-14-22)6-4-10-25-24(28(35)30-23-8-2-1-3-9-23)15-16-26(31-25)32-17-5-7-21(19-32)18-27(33)34/h11-16,21,23H,1-10,17-19H2,(H,30,35)(H,33,34). The van der Waals surface area contributed by atoms with E-state index in [-0.39, 0.29) is 30.1 Å². The van der Waals surface area contributed by atoms with Crippen molar-refractivity contribution in [1.29, 1.82) is 0 Å². The largest absolute Gasteiger partial charge is 0.481 e. The van der Waals surface area contributed by atoms with E-state index in [1.165, 1.54) is 18.6 Å². The minimum absolute atomic E-state index is 0.0601. The van der Waals surface area contributed by atoms with Gasteiger partial charge in [-0.1, -0.05) is 31.4 Å². The number of hydrogen-bond acceptors (Lipinski definition) is 4. The number of rotatable bonds is 9. The van der Waals surface area contributed by atoms with Crippen LogP contribution in [0.1, 0.15) is 79.4 Å². The zero-order valence-electron chi connectivity index (χ0n) is 20.3. The van der Waals surface area contributed by atoms with E-state index < -0.39 is 5.97 Å². The number of carbonyl (C=O) groups excluding carboxylic acids is 1. The van der Waals surface area contributed by atoms with E-state index in [1.54, 1.807) is 12.1 Å². The van der Waals surface area contributed by atoms with Gasteiger partial charge in [-0.05, 0) is 80.7 Å². The molecule has 2 heterocycles. The van der Waals surface area contributed by atoms with Gasteiger partial charge in [-0.2, -0.15) is 0 Å². The van der Waals surface area contributed by atoms with Crippen molar-refractivity contribution in [3.63, 3.8) is 0 Å². The van der Waals surface area contributed by atoms with E-state index in [0.29, 0.717) is 18.5 Å². The van der Waals surface area contributed by atoms with Crippen LogP contribution >= 0.6 is 0 Å². The van der Waals surface area contributed by atoms with Crippen molar-refractivity contribution in [3.8, 4) is 0 Å². The summed E-state index contributed by atoms with van der Waals surface area (Å²) >= 11 is 0. The maximum atomic E-state index is 13.2. The average Bonchev–Trinajstić information content (AvgIpc) is 2.85. The Kier molecular flexibility index (Phi) is 8.72. The van der Waals surface area contributed by atoms with Gasteiger partial charge in [-0.15, -0.1) is 0 Å². The molecule has 1 amide bonds. The fraction of sp³-hybridized carbons (Fsp3) is 0.536. The van der Waals surface area contributed by atoms with Gasteiger partial charge in [0.25, 0.3) is 5.91 Å². The van der Waals surface area contributed by atoms with Crippen LogP contribution in [-0.4, -0.2) is 41.1 Å². The molecule has 4 rings (SSSR count). The van der Waals surface area contributed by atoms with Gasteiger partial charge in [-0.3, -0.25) is 9.59 Å². The van der Waals surface area contributed by atoms with Crippen LogP contribution in [0.3, 0.4) is 0 Å². The van der Waals surface area contributed by atoms with E-state index >= 15 is 0 Å². The number of amides is 1. The second-order valence-corrected chi connectivity index (χ2v) is 10.0. The summed E-state index contributed by atoms with van der Waals surface area (Å²) in [5.41, 5.74) is 2.46. The van der Waals surface area contributed by atoms with Crippen molar-refractivity contribution in [1.82, 2.24) is 10.3 Å². The third kappa shape index (κ3) is 7.26. The number of nitrogens with one attached hydrogen (secondary N) is 1. The molecule has 35 heavy (non-hydrogen) atoms. The number of carboxylic acid groups (broad SMARTS) is 1. The predicted octanol–water partition coefficient (Wildman–Crippen LogP) is 5.15. The first-order valence-electron chi connectivity index (χ1n) is 13.0. The van der Waals surface area contributed by atoms with Crippen molar-refractivity contribution in [2.45, 2.75) is 76.7 Å². The maximum absolute atomic E-state index is 13.2. The molecular weight excluding hydrogens is 445 g/mol. The SMILES string of the molecule is O=C(O)CC1CCCN(c2ccc(C(=O)NC3CCCCC3)c(CCCc3ccc(F)cc3)n2)C1. The number of hydrogen-bond donors (Lipinski definition) is 2. The van der Waals surface area contributed by atoms with Crippen molar-refractivity contribution < 1.29 is 19.1 Å². The first-order chi connectivity index (χ1) is 17.0. The van der Waals surface area contributed by atoms with Crippen molar-refractivity contribution >= 4 is 17.7 Å². The molecule has 2 aromatic rings. The van der Waals surface area contributed by atoms with Gasteiger partial charge in [0.1, 0.15) is 11.6 Å². The topological polar surface area (TPSA) is 82.5 Å². The molecule has 2 aliphatic rings. The maximum Gasteiger partial charge on any atom is 0.303 e. The van der Waals surface area contributed by atoms with Crippen LogP contribution in [0.15, 0.2) is 36.4 Å². The van der Waals surface area contributed by atoms with E-state index in [0.717, 1.165) is 75.0 Å². The van der Waals surface area contributed by atoms with Gasteiger partial charge >= 0.3 is 5.97 Å². The number of aliphatic carboxylic acids is 1. The summed E-state index contributed by atoms with van der Waals surface area (Å²) in [7, 11) is 0. The molecule has 188 valence electrons. The Labute approximate surface area is 206 Å². The molecule has 1 unspecified atom stereocenters. The first-order valence-corrected chi connectivity index (χ1v) is 13.0. The highest BCUT2D eigenvalue weighted by Crippen LogP contribution is 2.26. The summed E-state index contributed by atoms with van der Waals surface area (Å²) in [4.78, 5) is 31.5. The zero-order chi connectivity index (χ0) is 24.6. The quantitative estimate of drug-likeness (QED) is 0.518. The van der Waals surface area contributed by atoms with Crippen molar-refractivity contribution in [3.05, 3.63) is 59.0 Å². The molecular formula is C28H36FN3O3. The van der Waals surface area contributed by atoms with Crippen LogP contribution in [0.5, 0.6) is 0 Å². The van der Waals surface area contributed by atoms with Crippen LogP contribution < -0.4 is 10.2 Å². The summed E-state index contributed by atoms with van der Waals surface area (Å²) in [5.74, 6) is -0.144. The van der Waals surface area contributed by atoms with Crippen molar-refractivity contribution in [2.24, 2.45) is 5.92 Å². The van der Waals surface area contributed by atoms with E-state index in [1.807, 2.05) is 12.1 Å². The Morgan fingerprint density at radius 2 is 1.77 bits per heavy atom. The molecule has 0 radical (unpaired) electrons. The normalized spacial score (nSPS) is 18.9. The van der Waals surface area contributed by atoms with Crippen LogP contribution in [0.2, 0.25) is 0 Å². The fourth-order valence-electron chi connectivity index (χ4n) is 5.37. The van der Waals surface area contributed by atoms with Gasteiger partial charge in [0.2, 0.25) is 0 Å². The number of carboxylic acids is 1. The minimum atomic E-state index is -0.763. The van der Waals surface area contributed by atoms with Gasteiger partial charge < -0.3 is 15.3 Å². The first kappa shape index (κ1) is 25.1. The molecule has 0 spiro atoms. The van der Waals surface area contributed by atoms with Crippen LogP contribution in [0.4, 0.5) is 10.2 Å². The Hall–Kier alpha value is -2.96. The molecule has 2 fully saturated rings. The smallest absolute Gasteiger partial charge is 0.303 e. The molecule has 1 saturated heterocycles. The molecule has 7 heteroatoms. The lowest BCUT2D eigenvalue weighted by Gasteiger charge is -2.33. The summed E-state index contributed by atoms with van der Waals surface area (Å²) < 4.78 is 13.2. The monoisotopic (exact) mass is 481 g/mol. The lowest BCUT2D eigenvalue weighted by atomic mass is 9.94. The molecule has 1 aliphatic heterocycles. The molecule has 1 aliphatic carbocycles. The predicted molar refractivity (Wildman–Crippen MR) is 134 cm³/mol. The van der Waals surface area contributed by atoms with Gasteiger partial charge in [-0.25, -0.2) is 9.37 Å². The number of halogens is 1. The lowest BCUT2D eigenvalue weighted by Crippen LogP contribution is -2.38. The Bertz CT molecular complexity index is 1010. The summed E-state index contributed by atoms with van der Waals surface area (Å²) in [6.07, 6.45) is 9.82. The molecule has 1 aromatic heterocycles. The number of carbonyl (C=O) groups is 2. The number of benzene rings is 1. The van der Waals surface area contributed by atoms with Crippen LogP contribution in [-0.2, 0) is 17.6 Å². The minimum Gasteiger partial charge on any atom is -0.481 e. The Balaban J connectivity index is 1.49. The van der Waals surface area contributed by atoms with E-state index in [4.69, 9.17) is 4.98 Å². The van der Waals surface area contributed by atoms with E-state index in [9.17, 15) is 19.1 Å². The Morgan fingerprint density at radius 1 is 1.00 bits per heavy atom. The van der Waals surface area contributed by atoms with Crippen LogP contribution in [0.25, 0.3) is 0 Å². The lowest BCUT2D eigenvalue weighted by molar-refractivity contribution is -0.138. The highest BCUT2D eigenvalue weighted by molar-refractivity contribution is 5.95. The number of aryl methyl sites for hydroxylation is 2. The second-order valence-electron chi connectivity index (χ2n) is 10.0. The molecule has 1 atom stereocenters. The van der Waals surface area contributed by atoms with Crippen molar-refractivity contribution in [2.75, 3.05) is 18.0 Å². The third-order valence-electron chi connectivity index (χ3n) is 7.24. The van der Waals surface area contributed by atoms with Crippen LogP contribution in [0, 0.1) is 11.7 Å². The highest BCUT2D eigenvalue weighted by atomic mass is 19.1. The fourth-order valence-corrected chi connectivity index (χ4v) is 5.37. The third-order valence-corrected chi connectivity index (χ3v) is 7.24. The summed E-state index contributed by atoms with van der Waals surface area (Å²) in [5, 5.41) is 12.4. The summed E-state index contributed by atoms with van der Waals surface area (Å²) in [6, 6.07) is 10.6. The number of piperidine rings is 1. The molecule has 1 saturated carbocycles. The number of anilines is 1. The number of pyridine rings is 1. The van der Waals surface area contributed by atoms with Gasteiger partial charge in [0.05, 0.1) is 11.3 Å². The molecule has 0 bridgehead atoms. The zero-order valence-corrected chi connectivity index (χ0v) is 20.3. The number of aromatic nitrogens is 1. The Morgan fingerprint density at radius 3 is 2.51 bits per heavy atom. The highest BCUT2D eigenvalue weighted by Gasteiger charge is 2.25. The van der Waals surface area contributed by atoms with Gasteiger partial charge in [0, 0.05) is 25.6 Å². The second kappa shape index (κ2) is 12.1. The number of nitrogens with zero attached hydrogens (tertiary/aromatic N) is 2. The van der Waals surface area contributed by atoms with Gasteiger partial charge in [0.15, 0.2) is 0 Å².